The second kappa shape index (κ2) is 5.00. The molecule has 0 fully saturated rings. The van der Waals surface area contributed by atoms with E-state index in [2.05, 4.69) is 5.32 Å². The number of rotatable bonds is 4. The molecule has 0 spiro atoms. The molecule has 4 heteroatoms. The van der Waals surface area contributed by atoms with E-state index in [-0.39, 0.29) is 11.9 Å². The van der Waals surface area contributed by atoms with Crippen LogP contribution in [0.5, 0.6) is 5.75 Å². The van der Waals surface area contributed by atoms with Gasteiger partial charge >= 0.3 is 0 Å². The molecule has 0 aliphatic rings. The van der Waals surface area contributed by atoms with Crippen molar-refractivity contribution in [1.82, 2.24) is 5.32 Å². The Morgan fingerprint density at radius 1 is 1.71 bits per heavy atom. The molecule has 0 radical (unpaired) electrons. The fraction of sp³-hybridized carbons (Fsp3) is 0.500. The second-order valence-electron chi connectivity index (χ2n) is 3.13. The third-order valence-electron chi connectivity index (χ3n) is 2.02. The van der Waals surface area contributed by atoms with Gasteiger partial charge in [-0.25, -0.2) is 0 Å². The summed E-state index contributed by atoms with van der Waals surface area (Å²) in [5.41, 5.74) is 0. The van der Waals surface area contributed by atoms with Crippen molar-refractivity contribution in [2.45, 2.75) is 26.3 Å². The maximum absolute atomic E-state index is 11.6. The Labute approximate surface area is 88.1 Å². The van der Waals surface area contributed by atoms with E-state index < -0.39 is 0 Å². The van der Waals surface area contributed by atoms with Gasteiger partial charge in [0.1, 0.15) is 5.75 Å². The number of carbonyl (C=O) groups excluding carboxylic acids is 1. The van der Waals surface area contributed by atoms with Crippen LogP contribution >= 0.6 is 11.3 Å². The maximum atomic E-state index is 11.6. The van der Waals surface area contributed by atoms with Crippen LogP contribution in [0.25, 0.3) is 0 Å². The molecule has 1 aromatic rings. The first-order valence-electron chi connectivity index (χ1n) is 4.60. The van der Waals surface area contributed by atoms with Gasteiger partial charge in [-0.2, -0.15) is 0 Å². The van der Waals surface area contributed by atoms with Crippen LogP contribution in [0.1, 0.15) is 29.9 Å². The van der Waals surface area contributed by atoms with Crippen LogP contribution < -0.4 is 10.1 Å². The Balaban J connectivity index is 2.60. The summed E-state index contributed by atoms with van der Waals surface area (Å²) in [7, 11) is 1.60. The number of amides is 1. The van der Waals surface area contributed by atoms with Crippen LogP contribution in [0.15, 0.2) is 11.4 Å². The van der Waals surface area contributed by atoms with Gasteiger partial charge in [0.25, 0.3) is 5.91 Å². The van der Waals surface area contributed by atoms with E-state index in [0.29, 0.717) is 4.88 Å². The van der Waals surface area contributed by atoms with Gasteiger partial charge in [-0.1, -0.05) is 6.92 Å². The summed E-state index contributed by atoms with van der Waals surface area (Å²) in [6.45, 7) is 4.03. The molecule has 1 N–H and O–H groups in total. The van der Waals surface area contributed by atoms with Crippen molar-refractivity contribution >= 4 is 17.2 Å². The Hall–Kier alpha value is -1.03. The summed E-state index contributed by atoms with van der Waals surface area (Å²) in [5.74, 6) is 0.719. The van der Waals surface area contributed by atoms with Gasteiger partial charge < -0.3 is 10.1 Å². The van der Waals surface area contributed by atoms with Crippen LogP contribution in [0.2, 0.25) is 0 Å². The van der Waals surface area contributed by atoms with Gasteiger partial charge in [0.2, 0.25) is 0 Å². The van der Waals surface area contributed by atoms with E-state index in [1.165, 1.54) is 11.3 Å². The van der Waals surface area contributed by atoms with Crippen molar-refractivity contribution in [3.63, 3.8) is 0 Å². The number of carbonyl (C=O) groups is 1. The van der Waals surface area contributed by atoms with E-state index >= 15 is 0 Å². The first-order valence-corrected chi connectivity index (χ1v) is 5.48. The normalized spacial score (nSPS) is 12.2. The quantitative estimate of drug-likeness (QED) is 0.833. The molecule has 1 heterocycles. The minimum Gasteiger partial charge on any atom is -0.496 e. The van der Waals surface area contributed by atoms with Gasteiger partial charge in [-0.15, -0.1) is 11.3 Å². The average molecular weight is 213 g/mol. The standard InChI is InChI=1S/C10H15NO2S/c1-4-7(2)11-10(12)9-5-8(13-3)6-14-9/h5-7H,4H2,1-3H3,(H,11,12). The molecule has 0 bridgehead atoms. The summed E-state index contributed by atoms with van der Waals surface area (Å²) in [4.78, 5) is 12.3. The molecule has 1 unspecified atom stereocenters. The van der Waals surface area contributed by atoms with E-state index in [1.807, 2.05) is 19.2 Å². The molecule has 0 aliphatic heterocycles. The van der Waals surface area contributed by atoms with Gasteiger partial charge in [0.05, 0.1) is 12.0 Å². The van der Waals surface area contributed by atoms with Crippen molar-refractivity contribution in [2.75, 3.05) is 7.11 Å². The number of hydrogen-bond acceptors (Lipinski definition) is 3. The minimum absolute atomic E-state index is 0.0207. The minimum atomic E-state index is -0.0207. The summed E-state index contributed by atoms with van der Waals surface area (Å²) < 4.78 is 5.01. The monoisotopic (exact) mass is 213 g/mol. The lowest BCUT2D eigenvalue weighted by Crippen LogP contribution is -2.31. The Morgan fingerprint density at radius 2 is 2.43 bits per heavy atom. The Kier molecular flexibility index (Phi) is 3.95. The van der Waals surface area contributed by atoms with Gasteiger partial charge in [0.15, 0.2) is 0 Å². The number of nitrogens with one attached hydrogen (secondary N) is 1. The molecule has 0 aromatic carbocycles. The zero-order valence-corrected chi connectivity index (χ0v) is 9.48. The highest BCUT2D eigenvalue weighted by molar-refractivity contribution is 7.12. The van der Waals surface area contributed by atoms with Crippen LogP contribution in [-0.2, 0) is 0 Å². The van der Waals surface area contributed by atoms with Gasteiger partial charge in [-0.05, 0) is 13.3 Å². The lowest BCUT2D eigenvalue weighted by molar-refractivity contribution is 0.0943. The van der Waals surface area contributed by atoms with Crippen LogP contribution in [0.4, 0.5) is 0 Å². The second-order valence-corrected chi connectivity index (χ2v) is 4.04. The lowest BCUT2D eigenvalue weighted by atomic mass is 10.2. The molecule has 0 saturated heterocycles. The molecule has 78 valence electrons. The number of ether oxygens (including phenoxy) is 1. The van der Waals surface area contributed by atoms with Crippen LogP contribution in [0.3, 0.4) is 0 Å². The molecule has 1 rings (SSSR count). The van der Waals surface area contributed by atoms with E-state index in [1.54, 1.807) is 13.2 Å². The van der Waals surface area contributed by atoms with Crippen LogP contribution in [0, 0.1) is 0 Å². The SMILES string of the molecule is CCC(C)NC(=O)c1cc(OC)cs1. The van der Waals surface area contributed by atoms with Gasteiger partial charge in [0, 0.05) is 17.5 Å². The average Bonchev–Trinajstić information content (AvgIpc) is 2.65. The number of methoxy groups -OCH3 is 1. The zero-order valence-electron chi connectivity index (χ0n) is 8.66. The fourth-order valence-corrected chi connectivity index (χ4v) is 1.70. The molecule has 3 nitrogen and oxygen atoms in total. The predicted octanol–water partition coefficient (Wildman–Crippen LogP) is 2.29. The van der Waals surface area contributed by atoms with Crippen molar-refractivity contribution in [3.05, 3.63) is 16.3 Å². The first-order chi connectivity index (χ1) is 6.67. The lowest BCUT2D eigenvalue weighted by Gasteiger charge is -2.09. The third kappa shape index (κ3) is 2.73. The summed E-state index contributed by atoms with van der Waals surface area (Å²) in [6.07, 6.45) is 0.939. The molecule has 0 aliphatic carbocycles. The fourth-order valence-electron chi connectivity index (χ4n) is 0.942. The molecule has 0 saturated carbocycles. The zero-order chi connectivity index (χ0) is 10.6. The highest BCUT2D eigenvalue weighted by atomic mass is 32.1. The number of thiophene rings is 1. The molecular weight excluding hydrogens is 198 g/mol. The highest BCUT2D eigenvalue weighted by Gasteiger charge is 2.10. The molecule has 14 heavy (non-hydrogen) atoms. The van der Waals surface area contributed by atoms with Crippen molar-refractivity contribution in [1.29, 1.82) is 0 Å². The Morgan fingerprint density at radius 3 is 2.93 bits per heavy atom. The molecule has 1 amide bonds. The molecule has 1 aromatic heterocycles. The molecule has 1 atom stereocenters. The third-order valence-corrected chi connectivity index (χ3v) is 2.93. The van der Waals surface area contributed by atoms with E-state index in [9.17, 15) is 4.79 Å². The van der Waals surface area contributed by atoms with E-state index in [0.717, 1.165) is 12.2 Å². The van der Waals surface area contributed by atoms with Crippen molar-refractivity contribution in [3.8, 4) is 5.75 Å². The predicted molar refractivity (Wildman–Crippen MR) is 58.1 cm³/mol. The summed E-state index contributed by atoms with van der Waals surface area (Å²) >= 11 is 1.40. The van der Waals surface area contributed by atoms with Crippen LogP contribution in [-0.4, -0.2) is 19.1 Å². The first kappa shape index (κ1) is 11.0. The molecular formula is C10H15NO2S. The van der Waals surface area contributed by atoms with E-state index in [4.69, 9.17) is 4.74 Å². The summed E-state index contributed by atoms with van der Waals surface area (Å²) in [5, 5.41) is 4.72. The van der Waals surface area contributed by atoms with Gasteiger partial charge in [-0.3, -0.25) is 4.79 Å². The Bertz CT molecular complexity index is 309. The largest absolute Gasteiger partial charge is 0.496 e. The topological polar surface area (TPSA) is 38.3 Å². The van der Waals surface area contributed by atoms with Crippen molar-refractivity contribution in [2.24, 2.45) is 0 Å². The summed E-state index contributed by atoms with van der Waals surface area (Å²) in [6, 6.07) is 1.97. The smallest absolute Gasteiger partial charge is 0.261 e. The highest BCUT2D eigenvalue weighted by Crippen LogP contribution is 2.20. The van der Waals surface area contributed by atoms with Crippen molar-refractivity contribution < 1.29 is 9.53 Å². The number of hydrogen-bond donors (Lipinski definition) is 1. The maximum Gasteiger partial charge on any atom is 0.261 e.